The lowest BCUT2D eigenvalue weighted by molar-refractivity contribution is 0.106. The number of aromatic nitrogens is 1. The molecule has 0 saturated heterocycles. The number of rotatable bonds is 2. The van der Waals surface area contributed by atoms with Crippen LogP contribution in [0.2, 0.25) is 0 Å². The molecular formula is C7H5ClF2N2O. The van der Waals surface area contributed by atoms with E-state index in [2.05, 4.69) is 4.98 Å². The Kier molecular flexibility index (Phi) is 2.77. The molecule has 0 aliphatic rings. The Morgan fingerprint density at radius 2 is 2.23 bits per heavy atom. The number of nitrogens with zero attached hydrogens (tertiary/aromatic N) is 1. The van der Waals surface area contributed by atoms with Crippen LogP contribution in [0.25, 0.3) is 0 Å². The Morgan fingerprint density at radius 1 is 1.62 bits per heavy atom. The first-order chi connectivity index (χ1) is 6.04. The van der Waals surface area contributed by atoms with Gasteiger partial charge in [-0.2, -0.15) is 0 Å². The average Bonchev–Trinajstić information content (AvgIpc) is 2.02. The van der Waals surface area contributed by atoms with Crippen molar-refractivity contribution in [2.45, 2.75) is 6.43 Å². The highest BCUT2D eigenvalue weighted by molar-refractivity contribution is 6.68. The predicted molar refractivity (Wildman–Crippen MR) is 43.8 cm³/mol. The fourth-order valence-electron chi connectivity index (χ4n) is 0.873. The summed E-state index contributed by atoms with van der Waals surface area (Å²) in [4.78, 5) is 14.0. The van der Waals surface area contributed by atoms with Gasteiger partial charge in [-0.25, -0.2) is 8.78 Å². The quantitative estimate of drug-likeness (QED) is 0.753. The predicted octanol–water partition coefficient (Wildman–Crippen LogP) is 1.98. The van der Waals surface area contributed by atoms with Crippen molar-refractivity contribution in [1.82, 2.24) is 4.98 Å². The number of anilines is 1. The summed E-state index contributed by atoms with van der Waals surface area (Å²) in [5, 5.41) is -1.03. The van der Waals surface area contributed by atoms with Crippen molar-refractivity contribution in [3.63, 3.8) is 0 Å². The summed E-state index contributed by atoms with van der Waals surface area (Å²) >= 11 is 5.07. The third-order valence-electron chi connectivity index (χ3n) is 1.42. The van der Waals surface area contributed by atoms with Gasteiger partial charge in [-0.15, -0.1) is 0 Å². The van der Waals surface area contributed by atoms with E-state index in [1.54, 1.807) is 0 Å². The van der Waals surface area contributed by atoms with Gasteiger partial charge in [0.2, 0.25) is 0 Å². The molecule has 6 heteroatoms. The molecule has 0 aliphatic carbocycles. The summed E-state index contributed by atoms with van der Waals surface area (Å²) in [7, 11) is 0. The van der Waals surface area contributed by atoms with Crippen LogP contribution < -0.4 is 5.73 Å². The number of hydrogen-bond donors (Lipinski definition) is 1. The van der Waals surface area contributed by atoms with Crippen molar-refractivity contribution in [2.75, 3.05) is 5.73 Å². The maximum absolute atomic E-state index is 12.2. The van der Waals surface area contributed by atoms with Crippen LogP contribution in [-0.2, 0) is 0 Å². The number of carbonyl (C=O) groups is 1. The van der Waals surface area contributed by atoms with Crippen molar-refractivity contribution in [3.05, 3.63) is 23.5 Å². The summed E-state index contributed by atoms with van der Waals surface area (Å²) < 4.78 is 24.5. The molecule has 0 aromatic carbocycles. The van der Waals surface area contributed by atoms with E-state index in [-0.39, 0.29) is 5.69 Å². The van der Waals surface area contributed by atoms with Crippen LogP contribution in [0.15, 0.2) is 12.3 Å². The van der Waals surface area contributed by atoms with Crippen molar-refractivity contribution in [1.29, 1.82) is 0 Å². The van der Waals surface area contributed by atoms with Crippen LogP contribution in [0, 0.1) is 0 Å². The van der Waals surface area contributed by atoms with Gasteiger partial charge in [-0.05, 0) is 17.7 Å². The van der Waals surface area contributed by atoms with Crippen molar-refractivity contribution < 1.29 is 13.6 Å². The van der Waals surface area contributed by atoms with Gasteiger partial charge in [0, 0.05) is 11.9 Å². The molecule has 13 heavy (non-hydrogen) atoms. The van der Waals surface area contributed by atoms with Crippen LogP contribution in [0.4, 0.5) is 14.5 Å². The van der Waals surface area contributed by atoms with Gasteiger partial charge in [0.25, 0.3) is 11.7 Å². The van der Waals surface area contributed by atoms with Crippen LogP contribution in [0.1, 0.15) is 22.5 Å². The summed E-state index contributed by atoms with van der Waals surface area (Å²) in [5.74, 6) is 0. The summed E-state index contributed by atoms with van der Waals surface area (Å²) in [6, 6.07) is 1.24. The first kappa shape index (κ1) is 9.85. The van der Waals surface area contributed by atoms with E-state index in [9.17, 15) is 13.6 Å². The van der Waals surface area contributed by atoms with E-state index in [4.69, 9.17) is 17.3 Å². The number of pyridine rings is 1. The maximum Gasteiger partial charge on any atom is 0.281 e. The van der Waals surface area contributed by atoms with Gasteiger partial charge in [0.15, 0.2) is 0 Å². The van der Waals surface area contributed by atoms with Gasteiger partial charge in [-0.3, -0.25) is 9.78 Å². The van der Waals surface area contributed by atoms with Gasteiger partial charge >= 0.3 is 0 Å². The number of alkyl halides is 2. The Bertz CT molecular complexity index is 343. The fraction of sp³-hybridized carbons (Fsp3) is 0.143. The Balaban J connectivity index is 3.34. The first-order valence-electron chi connectivity index (χ1n) is 3.26. The number of nitrogens with two attached hydrogens (primary N) is 1. The Labute approximate surface area is 77.5 Å². The van der Waals surface area contributed by atoms with Gasteiger partial charge in [0.05, 0.1) is 5.56 Å². The molecule has 70 valence electrons. The van der Waals surface area contributed by atoms with Crippen LogP contribution in [-0.4, -0.2) is 10.2 Å². The highest BCUT2D eigenvalue weighted by Crippen LogP contribution is 2.25. The second-order valence-corrected chi connectivity index (χ2v) is 2.58. The molecule has 0 unspecified atom stereocenters. The zero-order valence-electron chi connectivity index (χ0n) is 6.30. The van der Waals surface area contributed by atoms with Crippen molar-refractivity contribution in [2.24, 2.45) is 0 Å². The summed E-state index contributed by atoms with van der Waals surface area (Å²) in [6.45, 7) is 0. The fourth-order valence-corrected chi connectivity index (χ4v) is 1.08. The molecule has 0 fully saturated rings. The number of hydrogen-bond acceptors (Lipinski definition) is 3. The molecule has 1 aromatic rings. The number of nitrogen functional groups attached to an aromatic ring is 1. The third kappa shape index (κ3) is 1.92. The van der Waals surface area contributed by atoms with E-state index < -0.39 is 22.9 Å². The monoisotopic (exact) mass is 206 g/mol. The lowest BCUT2D eigenvalue weighted by Gasteiger charge is -2.05. The van der Waals surface area contributed by atoms with Crippen molar-refractivity contribution >= 4 is 22.5 Å². The minimum Gasteiger partial charge on any atom is -0.398 e. The number of halogens is 3. The van der Waals surface area contributed by atoms with Crippen LogP contribution >= 0.6 is 11.6 Å². The van der Waals surface area contributed by atoms with Gasteiger partial charge < -0.3 is 5.73 Å². The Hall–Kier alpha value is -1.23. The maximum atomic E-state index is 12.2. The van der Waals surface area contributed by atoms with Gasteiger partial charge in [0.1, 0.15) is 5.69 Å². The van der Waals surface area contributed by atoms with Crippen LogP contribution in [0.3, 0.4) is 0 Å². The van der Waals surface area contributed by atoms with Crippen LogP contribution in [0.5, 0.6) is 0 Å². The normalized spacial score (nSPS) is 10.5. The SMILES string of the molecule is Nc1ccnc(C(F)F)c1C(=O)Cl. The zero-order valence-corrected chi connectivity index (χ0v) is 7.05. The number of carbonyl (C=O) groups excluding carboxylic acids is 1. The molecule has 1 heterocycles. The molecule has 1 rings (SSSR count). The van der Waals surface area contributed by atoms with Gasteiger partial charge in [-0.1, -0.05) is 0 Å². The molecule has 3 nitrogen and oxygen atoms in total. The highest BCUT2D eigenvalue weighted by Gasteiger charge is 2.20. The standard InChI is InChI=1S/C7H5ClF2N2O/c8-6(13)4-3(11)1-2-12-5(4)7(9)10/h1-2,7H,(H2,11,12). The van der Waals surface area contributed by atoms with E-state index in [1.807, 2.05) is 0 Å². The third-order valence-corrected chi connectivity index (χ3v) is 1.60. The second-order valence-electron chi connectivity index (χ2n) is 2.23. The molecule has 1 aromatic heterocycles. The largest absolute Gasteiger partial charge is 0.398 e. The summed E-state index contributed by atoms with van der Waals surface area (Å²) in [6.07, 6.45) is -1.76. The molecule has 0 aliphatic heterocycles. The molecule has 0 radical (unpaired) electrons. The first-order valence-corrected chi connectivity index (χ1v) is 3.64. The van der Waals surface area contributed by atoms with E-state index in [0.29, 0.717) is 0 Å². The highest BCUT2D eigenvalue weighted by atomic mass is 35.5. The second kappa shape index (κ2) is 3.66. The van der Waals surface area contributed by atoms with E-state index in [0.717, 1.165) is 6.20 Å². The lowest BCUT2D eigenvalue weighted by atomic mass is 10.2. The minimum atomic E-state index is -2.86. The molecule has 0 saturated carbocycles. The zero-order chi connectivity index (χ0) is 10.0. The molecule has 2 N–H and O–H groups in total. The minimum absolute atomic E-state index is 0.0923. The molecule has 0 amide bonds. The topological polar surface area (TPSA) is 56.0 Å². The summed E-state index contributed by atoms with van der Waals surface area (Å²) in [5.41, 5.74) is 4.09. The smallest absolute Gasteiger partial charge is 0.281 e. The molecule has 0 spiro atoms. The molecule has 0 bridgehead atoms. The Morgan fingerprint density at radius 3 is 2.62 bits per heavy atom. The van der Waals surface area contributed by atoms with Crippen molar-refractivity contribution in [3.8, 4) is 0 Å². The lowest BCUT2D eigenvalue weighted by Crippen LogP contribution is -2.05. The molecule has 0 atom stereocenters. The van der Waals surface area contributed by atoms with E-state index in [1.165, 1.54) is 6.07 Å². The average molecular weight is 207 g/mol. The van der Waals surface area contributed by atoms with E-state index >= 15 is 0 Å². The molecular weight excluding hydrogens is 202 g/mol.